The molecule has 0 N–H and O–H groups in total. The van der Waals surface area contributed by atoms with Gasteiger partial charge in [-0.15, -0.1) is 0 Å². The molecule has 4 aromatic heterocycles. The minimum atomic E-state index is 0.423. The van der Waals surface area contributed by atoms with Crippen LogP contribution in [-0.2, 0) is 13.7 Å². The Morgan fingerprint density at radius 1 is 0.897 bits per heavy atom. The van der Waals surface area contributed by atoms with E-state index in [4.69, 9.17) is 4.74 Å². The average Bonchev–Trinajstić information content (AvgIpc) is 3.36. The van der Waals surface area contributed by atoms with Gasteiger partial charge in [-0.05, 0) is 54.1 Å². The van der Waals surface area contributed by atoms with Crippen LogP contribution < -0.4 is 4.74 Å². The molecule has 0 fully saturated rings. The van der Waals surface area contributed by atoms with E-state index in [2.05, 4.69) is 15.1 Å². The normalized spacial score (nSPS) is 11.1. The van der Waals surface area contributed by atoms with Gasteiger partial charge in [0, 0.05) is 49.2 Å². The molecule has 5 rings (SSSR count). The zero-order valence-corrected chi connectivity index (χ0v) is 15.9. The largest absolute Gasteiger partial charge is 0.487 e. The molecular weight excluding hydrogens is 362 g/mol. The van der Waals surface area contributed by atoms with Crippen molar-refractivity contribution in [1.29, 1.82) is 0 Å². The summed E-state index contributed by atoms with van der Waals surface area (Å²) in [7, 11) is 1.93. The molecule has 0 aliphatic heterocycles. The lowest BCUT2D eigenvalue weighted by atomic mass is 10.0. The summed E-state index contributed by atoms with van der Waals surface area (Å²) in [6.45, 7) is 0.423. The topological polar surface area (TPSA) is 57.2 Å². The Morgan fingerprint density at radius 2 is 1.72 bits per heavy atom. The van der Waals surface area contributed by atoms with Crippen molar-refractivity contribution >= 4 is 5.65 Å². The molecule has 0 saturated heterocycles. The highest BCUT2D eigenvalue weighted by Gasteiger charge is 2.12. The third-order valence-electron chi connectivity index (χ3n) is 4.75. The van der Waals surface area contributed by atoms with Crippen molar-refractivity contribution in [1.82, 2.24) is 24.1 Å². The molecule has 6 heteroatoms. The fourth-order valence-electron chi connectivity index (χ4n) is 3.37. The summed E-state index contributed by atoms with van der Waals surface area (Å²) in [6.07, 6.45) is 9.58. The van der Waals surface area contributed by atoms with Gasteiger partial charge in [0.05, 0.1) is 5.69 Å². The number of hydrogen-bond acceptors (Lipinski definition) is 4. The molecule has 142 valence electrons. The van der Waals surface area contributed by atoms with Crippen LogP contribution in [0.2, 0.25) is 0 Å². The van der Waals surface area contributed by atoms with Crippen molar-refractivity contribution in [2.75, 3.05) is 0 Å². The molecule has 0 radical (unpaired) electrons. The number of rotatable bonds is 5. The van der Waals surface area contributed by atoms with Gasteiger partial charge in [-0.1, -0.05) is 6.07 Å². The quantitative estimate of drug-likeness (QED) is 0.453. The number of pyridine rings is 2. The van der Waals surface area contributed by atoms with Crippen LogP contribution in [-0.4, -0.2) is 24.1 Å². The fourth-order valence-corrected chi connectivity index (χ4v) is 3.37. The summed E-state index contributed by atoms with van der Waals surface area (Å²) in [4.78, 5) is 8.66. The van der Waals surface area contributed by atoms with E-state index in [1.165, 1.54) is 0 Å². The number of nitrogens with zero attached hydrogens (tertiary/aromatic N) is 5. The highest BCUT2D eigenvalue weighted by atomic mass is 16.5. The van der Waals surface area contributed by atoms with Crippen LogP contribution >= 0.6 is 0 Å². The maximum absolute atomic E-state index is 5.92. The van der Waals surface area contributed by atoms with Gasteiger partial charge >= 0.3 is 0 Å². The molecule has 1 aromatic carbocycles. The minimum absolute atomic E-state index is 0.423. The fraction of sp³-hybridized carbons (Fsp3) is 0.0870. The van der Waals surface area contributed by atoms with Crippen molar-refractivity contribution in [3.8, 4) is 28.1 Å². The number of fused-ring (bicyclic) bond motifs is 1. The SMILES string of the molecule is Cn1cc(-c2ccncc2)c(-c2ccc(OCc3cn4ccccc4n3)cc2)n1. The second-order valence-corrected chi connectivity index (χ2v) is 6.81. The molecule has 0 bridgehead atoms. The average molecular weight is 381 g/mol. The van der Waals surface area contributed by atoms with Gasteiger partial charge in [0.1, 0.15) is 23.7 Å². The summed E-state index contributed by atoms with van der Waals surface area (Å²) in [5.74, 6) is 0.798. The van der Waals surface area contributed by atoms with Gasteiger partial charge in [-0.2, -0.15) is 5.10 Å². The number of aryl methyl sites for hydroxylation is 1. The predicted molar refractivity (Wildman–Crippen MR) is 111 cm³/mol. The Hall–Kier alpha value is -3.93. The van der Waals surface area contributed by atoms with Gasteiger partial charge in [-0.3, -0.25) is 9.67 Å². The van der Waals surface area contributed by atoms with Gasteiger partial charge in [0.15, 0.2) is 0 Å². The second kappa shape index (κ2) is 7.24. The third kappa shape index (κ3) is 3.48. The molecule has 5 aromatic rings. The molecule has 0 amide bonds. The standard InChI is InChI=1S/C23H19N5O/c1-27-15-21(17-9-11-24-12-10-17)23(26-27)18-5-7-20(8-6-18)29-16-19-14-28-13-3-2-4-22(28)25-19/h2-15H,16H2,1H3. The van der Waals surface area contributed by atoms with Crippen molar-refractivity contribution in [3.05, 3.63) is 91.3 Å². The maximum atomic E-state index is 5.92. The lowest BCUT2D eigenvalue weighted by Crippen LogP contribution is -1.95. The molecular formula is C23H19N5O. The number of benzene rings is 1. The molecule has 0 unspecified atom stereocenters. The molecule has 29 heavy (non-hydrogen) atoms. The predicted octanol–water partition coefficient (Wildman–Crippen LogP) is 4.38. The van der Waals surface area contributed by atoms with E-state index in [0.29, 0.717) is 6.61 Å². The molecule has 4 heterocycles. The van der Waals surface area contributed by atoms with E-state index in [-0.39, 0.29) is 0 Å². The van der Waals surface area contributed by atoms with E-state index in [1.54, 1.807) is 12.4 Å². The summed E-state index contributed by atoms with van der Waals surface area (Å²) in [6, 6.07) is 17.9. The molecule has 0 aliphatic carbocycles. The van der Waals surface area contributed by atoms with E-state index in [9.17, 15) is 0 Å². The van der Waals surface area contributed by atoms with Crippen LogP contribution in [0, 0.1) is 0 Å². The monoisotopic (exact) mass is 381 g/mol. The number of imidazole rings is 1. The van der Waals surface area contributed by atoms with Crippen molar-refractivity contribution in [2.45, 2.75) is 6.61 Å². The van der Waals surface area contributed by atoms with Crippen LogP contribution in [0.4, 0.5) is 0 Å². The van der Waals surface area contributed by atoms with E-state index < -0.39 is 0 Å². The highest BCUT2D eigenvalue weighted by Crippen LogP contribution is 2.31. The van der Waals surface area contributed by atoms with Crippen LogP contribution in [0.25, 0.3) is 28.0 Å². The van der Waals surface area contributed by atoms with Gasteiger partial charge in [-0.25, -0.2) is 4.98 Å². The summed E-state index contributed by atoms with van der Waals surface area (Å²) in [5, 5.41) is 4.65. The lowest BCUT2D eigenvalue weighted by molar-refractivity contribution is 0.302. The molecule has 0 aliphatic rings. The van der Waals surface area contributed by atoms with Gasteiger partial charge in [0.2, 0.25) is 0 Å². The van der Waals surface area contributed by atoms with Gasteiger partial charge in [0.25, 0.3) is 0 Å². The second-order valence-electron chi connectivity index (χ2n) is 6.81. The van der Waals surface area contributed by atoms with Crippen LogP contribution in [0.5, 0.6) is 5.75 Å². The van der Waals surface area contributed by atoms with Crippen molar-refractivity contribution in [2.24, 2.45) is 7.05 Å². The Balaban J connectivity index is 1.35. The molecule has 0 saturated carbocycles. The van der Waals surface area contributed by atoms with E-state index >= 15 is 0 Å². The molecule has 6 nitrogen and oxygen atoms in total. The first-order valence-corrected chi connectivity index (χ1v) is 9.36. The van der Waals surface area contributed by atoms with E-state index in [1.807, 2.05) is 89.3 Å². The molecule has 0 spiro atoms. The Labute approximate surface area is 168 Å². The first-order chi connectivity index (χ1) is 14.3. The van der Waals surface area contributed by atoms with Crippen LogP contribution in [0.3, 0.4) is 0 Å². The number of aromatic nitrogens is 5. The van der Waals surface area contributed by atoms with Crippen LogP contribution in [0.15, 0.2) is 85.6 Å². The van der Waals surface area contributed by atoms with Crippen LogP contribution in [0.1, 0.15) is 5.69 Å². The van der Waals surface area contributed by atoms with Crippen molar-refractivity contribution < 1.29 is 4.74 Å². The third-order valence-corrected chi connectivity index (χ3v) is 4.75. The Kier molecular flexibility index (Phi) is 4.29. The highest BCUT2D eigenvalue weighted by molar-refractivity contribution is 5.80. The summed E-state index contributed by atoms with van der Waals surface area (Å²) < 4.78 is 9.74. The Morgan fingerprint density at radius 3 is 2.52 bits per heavy atom. The van der Waals surface area contributed by atoms with E-state index in [0.717, 1.165) is 39.5 Å². The number of ether oxygens (including phenoxy) is 1. The summed E-state index contributed by atoms with van der Waals surface area (Å²) in [5.41, 5.74) is 5.96. The maximum Gasteiger partial charge on any atom is 0.137 e. The van der Waals surface area contributed by atoms with Gasteiger partial charge < -0.3 is 9.14 Å². The zero-order chi connectivity index (χ0) is 19.6. The first kappa shape index (κ1) is 17.2. The Bertz CT molecular complexity index is 1220. The molecule has 0 atom stereocenters. The first-order valence-electron chi connectivity index (χ1n) is 9.36. The zero-order valence-electron chi connectivity index (χ0n) is 15.9. The smallest absolute Gasteiger partial charge is 0.137 e. The number of hydrogen-bond donors (Lipinski definition) is 0. The minimum Gasteiger partial charge on any atom is -0.487 e. The van der Waals surface area contributed by atoms with Crippen molar-refractivity contribution in [3.63, 3.8) is 0 Å². The summed E-state index contributed by atoms with van der Waals surface area (Å²) >= 11 is 0. The lowest BCUT2D eigenvalue weighted by Gasteiger charge is -2.06.